The van der Waals surface area contributed by atoms with Gasteiger partial charge < -0.3 is 14.8 Å². The molecule has 1 aliphatic rings. The first-order valence-electron chi connectivity index (χ1n) is 14.3. The van der Waals surface area contributed by atoms with Crippen molar-refractivity contribution in [1.29, 1.82) is 5.26 Å². The lowest BCUT2D eigenvalue weighted by molar-refractivity contribution is -0.127. The van der Waals surface area contributed by atoms with E-state index >= 15 is 0 Å². The number of alkyl halides is 2. The molecule has 4 heterocycles. The van der Waals surface area contributed by atoms with Gasteiger partial charge in [0.2, 0.25) is 5.95 Å². The third kappa shape index (κ3) is 7.15. The minimum Gasteiger partial charge on any atom is -0.333 e. The van der Waals surface area contributed by atoms with Gasteiger partial charge in [-0.05, 0) is 60.7 Å². The van der Waals surface area contributed by atoms with Gasteiger partial charge in [0.05, 0.1) is 33.4 Å². The molecule has 13 heteroatoms. The molecule has 0 radical (unpaired) electrons. The van der Waals surface area contributed by atoms with Gasteiger partial charge in [0.1, 0.15) is 17.3 Å². The van der Waals surface area contributed by atoms with E-state index in [0.29, 0.717) is 35.1 Å². The molecule has 0 aliphatic carbocycles. The van der Waals surface area contributed by atoms with Crippen LogP contribution in [0.2, 0.25) is 0 Å². The van der Waals surface area contributed by atoms with Crippen molar-refractivity contribution in [3.8, 4) is 16.6 Å². The summed E-state index contributed by atoms with van der Waals surface area (Å²) < 4.78 is 27.2. The zero-order chi connectivity index (χ0) is 31.2. The van der Waals surface area contributed by atoms with Crippen LogP contribution in [-0.4, -0.2) is 62.0 Å². The predicted molar refractivity (Wildman–Crippen MR) is 164 cm³/mol. The number of nitrogens with zero attached hydrogens (tertiary/aromatic N) is 6. The summed E-state index contributed by atoms with van der Waals surface area (Å²) in [5, 5.41) is 23.3. The van der Waals surface area contributed by atoms with Crippen LogP contribution in [0.3, 0.4) is 0 Å². The Hall–Kier alpha value is -4.54. The molecule has 0 bridgehead atoms. The number of thiophene rings is 1. The Labute approximate surface area is 257 Å². The third-order valence-electron chi connectivity index (χ3n) is 7.20. The second-order valence-corrected chi connectivity index (χ2v) is 11.9. The molecule has 2 amide bonds. The first-order chi connectivity index (χ1) is 21.2. The summed E-state index contributed by atoms with van der Waals surface area (Å²) in [6, 6.07) is 14.4. The van der Waals surface area contributed by atoms with Crippen LogP contribution in [0.25, 0.3) is 21.6 Å². The molecule has 3 aromatic heterocycles. The number of hydrogen-bond acceptors (Lipinski definition) is 8. The lowest BCUT2D eigenvalue weighted by atomic mass is 10.1. The number of benzene rings is 1. The predicted octanol–water partition coefficient (Wildman–Crippen LogP) is 5.26. The fourth-order valence-electron chi connectivity index (χ4n) is 5.23. The van der Waals surface area contributed by atoms with Crippen molar-refractivity contribution in [2.24, 2.45) is 5.92 Å². The number of nitriles is 1. The first kappa shape index (κ1) is 30.9. The van der Waals surface area contributed by atoms with Gasteiger partial charge in [-0.2, -0.15) is 10.4 Å². The number of carbonyl (C=O) groups excluding carboxylic acids is 2. The van der Waals surface area contributed by atoms with Crippen molar-refractivity contribution < 1.29 is 18.4 Å². The maximum absolute atomic E-state index is 13.4. The van der Waals surface area contributed by atoms with Gasteiger partial charge in [-0.15, -0.1) is 16.4 Å². The quantitative estimate of drug-likeness (QED) is 0.173. The molecule has 228 valence electrons. The molecule has 1 aliphatic heterocycles. The van der Waals surface area contributed by atoms with Crippen molar-refractivity contribution in [3.63, 3.8) is 0 Å². The molecule has 5 rings (SSSR count). The van der Waals surface area contributed by atoms with E-state index in [9.17, 15) is 23.6 Å². The van der Waals surface area contributed by atoms with Crippen molar-refractivity contribution in [3.05, 3.63) is 70.8 Å². The molecule has 2 N–H and O–H groups in total. The fourth-order valence-corrected chi connectivity index (χ4v) is 6.10. The maximum atomic E-state index is 13.4. The van der Waals surface area contributed by atoms with Crippen molar-refractivity contribution in [2.75, 3.05) is 18.4 Å². The number of allylic oxidation sites excluding steroid dienone is 1. The van der Waals surface area contributed by atoms with Crippen LogP contribution in [0.1, 0.15) is 41.9 Å². The zero-order valence-electron chi connectivity index (χ0n) is 24.3. The lowest BCUT2D eigenvalue weighted by Gasteiger charge is -2.26. The Morgan fingerprint density at radius 2 is 2.07 bits per heavy atom. The van der Waals surface area contributed by atoms with E-state index in [-0.39, 0.29) is 35.9 Å². The highest BCUT2D eigenvalue weighted by Gasteiger charge is 2.32. The summed E-state index contributed by atoms with van der Waals surface area (Å²) in [7, 11) is 0. The molecule has 1 atom stereocenters. The van der Waals surface area contributed by atoms with Gasteiger partial charge >= 0.3 is 0 Å². The van der Waals surface area contributed by atoms with Crippen LogP contribution >= 0.6 is 11.3 Å². The molecule has 1 saturated heterocycles. The lowest BCUT2D eigenvalue weighted by Crippen LogP contribution is -2.39. The van der Waals surface area contributed by atoms with Crippen LogP contribution in [0.5, 0.6) is 0 Å². The molecular formula is C31H32F2N8O2S. The van der Waals surface area contributed by atoms with E-state index in [0.717, 1.165) is 28.8 Å². The van der Waals surface area contributed by atoms with Crippen molar-refractivity contribution >= 4 is 40.1 Å². The highest BCUT2D eigenvalue weighted by Crippen LogP contribution is 2.29. The summed E-state index contributed by atoms with van der Waals surface area (Å²) in [4.78, 5) is 34.5. The van der Waals surface area contributed by atoms with E-state index in [1.54, 1.807) is 35.4 Å². The number of carbonyl (C=O) groups is 2. The van der Waals surface area contributed by atoms with E-state index in [2.05, 4.69) is 26.9 Å². The summed E-state index contributed by atoms with van der Waals surface area (Å²) in [6.07, 6.45) is 2.30. The van der Waals surface area contributed by atoms with E-state index in [4.69, 9.17) is 4.98 Å². The van der Waals surface area contributed by atoms with Crippen LogP contribution in [0, 0.1) is 17.2 Å². The summed E-state index contributed by atoms with van der Waals surface area (Å²) >= 11 is 1.28. The normalized spacial score (nSPS) is 15.3. The molecule has 1 unspecified atom stereocenters. The molecule has 4 aromatic rings. The van der Waals surface area contributed by atoms with Gasteiger partial charge in [0.25, 0.3) is 18.2 Å². The average Bonchev–Trinajstić information content (AvgIpc) is 3.75. The van der Waals surface area contributed by atoms with E-state index in [1.165, 1.54) is 11.3 Å². The third-order valence-corrected chi connectivity index (χ3v) is 8.31. The topological polar surface area (TPSA) is 129 Å². The van der Waals surface area contributed by atoms with E-state index in [1.807, 2.05) is 42.7 Å². The second-order valence-electron chi connectivity index (χ2n) is 10.8. The molecule has 1 aromatic carbocycles. The second kappa shape index (κ2) is 13.8. The van der Waals surface area contributed by atoms with Crippen LogP contribution in [0.4, 0.5) is 14.7 Å². The SMILES string of the molecule is CC(C)C=C(C#N)C(=O)N1CCCC1Cn1c(NC(=O)c2ccc(-c3cccnn3)s2)nc2cc(CNCC(F)F)ccc21. The number of aromatic nitrogens is 4. The summed E-state index contributed by atoms with van der Waals surface area (Å²) in [5.74, 6) is -0.312. The number of hydrogen-bond donors (Lipinski definition) is 2. The minimum atomic E-state index is -2.46. The maximum Gasteiger partial charge on any atom is 0.268 e. The van der Waals surface area contributed by atoms with Gasteiger partial charge in [-0.1, -0.05) is 26.0 Å². The molecular weight excluding hydrogens is 586 g/mol. The number of anilines is 1. The zero-order valence-corrected chi connectivity index (χ0v) is 25.2. The number of halogens is 2. The molecule has 1 fully saturated rings. The molecule has 0 saturated carbocycles. The largest absolute Gasteiger partial charge is 0.333 e. The number of rotatable bonds is 11. The van der Waals surface area contributed by atoms with Crippen molar-refractivity contribution in [1.82, 2.24) is 30.0 Å². The number of imidazole rings is 1. The number of amides is 2. The summed E-state index contributed by atoms with van der Waals surface area (Å²) in [5.41, 5.74) is 2.85. The summed E-state index contributed by atoms with van der Waals surface area (Å²) in [6.45, 7) is 4.51. The first-order valence-corrected chi connectivity index (χ1v) is 15.1. The van der Waals surface area contributed by atoms with E-state index < -0.39 is 13.0 Å². The Balaban J connectivity index is 1.44. The van der Waals surface area contributed by atoms with Gasteiger partial charge in [-0.3, -0.25) is 14.9 Å². The van der Waals surface area contributed by atoms with Gasteiger partial charge in [0, 0.05) is 25.8 Å². The monoisotopic (exact) mass is 618 g/mol. The minimum absolute atomic E-state index is 0.0464. The molecule has 44 heavy (non-hydrogen) atoms. The van der Waals surface area contributed by atoms with Crippen LogP contribution in [0.15, 0.2) is 60.3 Å². The number of nitrogens with one attached hydrogen (secondary N) is 2. The standard InChI is InChI=1S/C31H32F2N8O2S/c1-19(2)13-21(15-34)30(43)40-12-4-5-22(40)18-41-25-8-7-20(16-35-17-28(32)33)14-24(25)37-31(41)38-29(42)27-10-9-26(44-27)23-6-3-11-36-39-23/h3,6-11,13-14,19,22,28,35H,4-5,12,16-18H2,1-2H3,(H,37,38,42). The number of fused-ring (bicyclic) bond motifs is 1. The van der Waals surface area contributed by atoms with Gasteiger partial charge in [-0.25, -0.2) is 13.8 Å². The molecule has 0 spiro atoms. The average molecular weight is 619 g/mol. The Morgan fingerprint density at radius 3 is 2.80 bits per heavy atom. The highest BCUT2D eigenvalue weighted by atomic mass is 32.1. The van der Waals surface area contributed by atoms with Crippen LogP contribution < -0.4 is 10.6 Å². The molecule has 10 nitrogen and oxygen atoms in total. The Kier molecular flexibility index (Phi) is 9.72. The Morgan fingerprint density at radius 1 is 1.23 bits per heavy atom. The fraction of sp³-hybridized carbons (Fsp3) is 0.355. The van der Waals surface area contributed by atoms with Gasteiger partial charge in [0.15, 0.2) is 0 Å². The van der Waals surface area contributed by atoms with Crippen molar-refractivity contribution in [2.45, 2.75) is 52.2 Å². The van der Waals surface area contributed by atoms with Crippen LogP contribution in [-0.2, 0) is 17.9 Å². The smallest absolute Gasteiger partial charge is 0.268 e. The Bertz CT molecular complexity index is 1710. The highest BCUT2D eigenvalue weighted by molar-refractivity contribution is 7.17. The number of likely N-dealkylation sites (tertiary alicyclic amines) is 1.